The molecule has 2 rings (SSSR count). The van der Waals surface area contributed by atoms with Crippen LogP contribution >= 0.6 is 0 Å². The fourth-order valence-electron chi connectivity index (χ4n) is 1.64. The summed E-state index contributed by atoms with van der Waals surface area (Å²) in [5.41, 5.74) is 1.79. The summed E-state index contributed by atoms with van der Waals surface area (Å²) < 4.78 is 27.1. The van der Waals surface area contributed by atoms with E-state index >= 15 is 0 Å². The second-order valence-electron chi connectivity index (χ2n) is 4.40. The summed E-state index contributed by atoms with van der Waals surface area (Å²) in [6.07, 6.45) is 6.39. The molecule has 1 aliphatic rings. The van der Waals surface area contributed by atoms with E-state index in [4.69, 9.17) is 0 Å². The Morgan fingerprint density at radius 3 is 2.56 bits per heavy atom. The third-order valence-electron chi connectivity index (χ3n) is 2.73. The zero-order chi connectivity index (χ0) is 13.3. The number of hydrogen-bond acceptors (Lipinski definition) is 2. The molecular formula is C13H15F2N3. The Balaban J connectivity index is 2.30. The lowest BCUT2D eigenvalue weighted by Gasteiger charge is -2.23. The molecule has 0 atom stereocenters. The zero-order valence-electron chi connectivity index (χ0n) is 10.3. The average molecular weight is 251 g/mol. The van der Waals surface area contributed by atoms with E-state index in [0.29, 0.717) is 11.6 Å². The topological polar surface area (TPSA) is 21.1 Å². The second-order valence-corrected chi connectivity index (χ2v) is 4.40. The molecule has 0 fully saturated rings. The van der Waals surface area contributed by atoms with E-state index in [1.807, 2.05) is 19.9 Å². The van der Waals surface area contributed by atoms with Gasteiger partial charge in [0.05, 0.1) is 11.4 Å². The smallest absolute Gasteiger partial charge is 0.290 e. The number of nitrogens with zero attached hydrogens (tertiary/aromatic N) is 3. The fraction of sp³-hybridized carbons (Fsp3) is 0.308. The van der Waals surface area contributed by atoms with Gasteiger partial charge in [-0.1, -0.05) is 20.4 Å². The second kappa shape index (κ2) is 4.76. The van der Waals surface area contributed by atoms with Gasteiger partial charge in [-0.3, -0.25) is 4.90 Å². The van der Waals surface area contributed by atoms with Crippen molar-refractivity contribution in [3.8, 4) is 0 Å². The van der Waals surface area contributed by atoms with Gasteiger partial charge >= 0.3 is 6.55 Å². The Morgan fingerprint density at radius 2 is 2.00 bits per heavy atom. The molecule has 2 heterocycles. The van der Waals surface area contributed by atoms with Gasteiger partial charge in [0.1, 0.15) is 0 Å². The highest BCUT2D eigenvalue weighted by molar-refractivity contribution is 5.60. The van der Waals surface area contributed by atoms with Gasteiger partial charge in [0.25, 0.3) is 0 Å². The monoisotopic (exact) mass is 251 g/mol. The van der Waals surface area contributed by atoms with Crippen LogP contribution in [0.5, 0.6) is 0 Å². The van der Waals surface area contributed by atoms with Crippen LogP contribution in [0.3, 0.4) is 0 Å². The quantitative estimate of drug-likeness (QED) is 0.767. The van der Waals surface area contributed by atoms with Crippen LogP contribution in [0, 0.1) is 0 Å². The molecule has 0 saturated heterocycles. The zero-order valence-corrected chi connectivity index (χ0v) is 10.3. The molecule has 0 aliphatic carbocycles. The van der Waals surface area contributed by atoms with Gasteiger partial charge in [-0.15, -0.1) is 0 Å². The van der Waals surface area contributed by atoms with Crippen molar-refractivity contribution in [2.45, 2.75) is 26.3 Å². The average Bonchev–Trinajstić information content (AvgIpc) is 2.78. The summed E-state index contributed by atoms with van der Waals surface area (Å²) >= 11 is 0. The molecule has 96 valence electrons. The van der Waals surface area contributed by atoms with E-state index in [9.17, 15) is 8.78 Å². The predicted molar refractivity (Wildman–Crippen MR) is 66.7 cm³/mol. The minimum Gasteiger partial charge on any atom is -0.290 e. The van der Waals surface area contributed by atoms with Crippen molar-refractivity contribution in [3.63, 3.8) is 0 Å². The highest BCUT2D eigenvalue weighted by atomic mass is 19.3. The maximum absolute atomic E-state index is 12.8. The summed E-state index contributed by atoms with van der Waals surface area (Å²) in [4.78, 5) is 0.825. The molecule has 0 bridgehead atoms. The van der Waals surface area contributed by atoms with Crippen molar-refractivity contribution in [1.29, 1.82) is 0 Å². The van der Waals surface area contributed by atoms with Gasteiger partial charge in [0.15, 0.2) is 0 Å². The van der Waals surface area contributed by atoms with E-state index < -0.39 is 6.55 Å². The largest absolute Gasteiger partial charge is 0.319 e. The predicted octanol–water partition coefficient (Wildman–Crippen LogP) is 3.41. The lowest BCUT2D eigenvalue weighted by molar-refractivity contribution is 0.0303. The van der Waals surface area contributed by atoms with Crippen molar-refractivity contribution in [1.82, 2.24) is 14.7 Å². The Morgan fingerprint density at radius 1 is 1.28 bits per heavy atom. The minimum atomic E-state index is -2.60. The van der Waals surface area contributed by atoms with Gasteiger partial charge in [0, 0.05) is 18.1 Å². The van der Waals surface area contributed by atoms with Gasteiger partial charge < -0.3 is 0 Å². The van der Waals surface area contributed by atoms with Crippen molar-refractivity contribution < 1.29 is 8.78 Å². The van der Waals surface area contributed by atoms with Crippen molar-refractivity contribution in [3.05, 3.63) is 48.6 Å². The van der Waals surface area contributed by atoms with E-state index in [0.717, 1.165) is 10.6 Å². The molecule has 18 heavy (non-hydrogen) atoms. The summed E-state index contributed by atoms with van der Waals surface area (Å²) in [6.45, 7) is 5.03. The summed E-state index contributed by atoms with van der Waals surface area (Å²) in [6, 6.07) is 1.88. The molecule has 5 heteroatoms. The van der Waals surface area contributed by atoms with E-state index in [-0.39, 0.29) is 5.70 Å². The molecule has 0 aromatic carbocycles. The molecule has 3 nitrogen and oxygen atoms in total. The minimum absolute atomic E-state index is 0.269. The number of halogens is 2. The molecule has 1 aromatic heterocycles. The van der Waals surface area contributed by atoms with Crippen molar-refractivity contribution in [2.24, 2.45) is 0 Å². The van der Waals surface area contributed by atoms with Crippen LogP contribution in [0.2, 0.25) is 0 Å². The number of alkyl halides is 2. The molecule has 0 radical (unpaired) electrons. The van der Waals surface area contributed by atoms with Gasteiger partial charge in [-0.05, 0) is 24.1 Å². The van der Waals surface area contributed by atoms with Crippen LogP contribution in [0.25, 0.3) is 5.70 Å². The lowest BCUT2D eigenvalue weighted by Crippen LogP contribution is -2.24. The van der Waals surface area contributed by atoms with E-state index in [1.165, 1.54) is 6.20 Å². The third kappa shape index (κ3) is 2.34. The maximum Gasteiger partial charge on any atom is 0.319 e. The molecule has 0 N–H and O–H groups in total. The molecule has 1 aromatic rings. The van der Waals surface area contributed by atoms with Crippen LogP contribution in [-0.4, -0.2) is 21.2 Å². The number of aromatic nitrogens is 2. The van der Waals surface area contributed by atoms with Gasteiger partial charge in [-0.25, -0.2) is 4.68 Å². The standard InChI is InChI=1S/C13H15F2N3/c1-9(2)12-6-7-18(16-12)11-5-4-10(3)17(8-11)13(14)15/h4-9,13H,3H2,1-2H3. The summed E-state index contributed by atoms with van der Waals surface area (Å²) in [5.74, 6) is 0.306. The third-order valence-corrected chi connectivity index (χ3v) is 2.73. The first-order valence-electron chi connectivity index (χ1n) is 5.70. The SMILES string of the molecule is C=C1C=CC(n2ccc(C(C)C)n2)=CN1C(F)F. The first-order chi connectivity index (χ1) is 8.49. The first kappa shape index (κ1) is 12.5. The molecule has 0 spiro atoms. The fourth-order valence-corrected chi connectivity index (χ4v) is 1.64. The van der Waals surface area contributed by atoms with E-state index in [2.05, 4.69) is 11.7 Å². The Hall–Kier alpha value is -1.91. The number of rotatable bonds is 3. The molecule has 1 aliphatic heterocycles. The van der Waals surface area contributed by atoms with Crippen LogP contribution in [0.1, 0.15) is 25.5 Å². The summed E-state index contributed by atoms with van der Waals surface area (Å²) in [5, 5.41) is 4.35. The van der Waals surface area contributed by atoms with Gasteiger partial charge in [-0.2, -0.15) is 13.9 Å². The van der Waals surface area contributed by atoms with Crippen LogP contribution in [-0.2, 0) is 0 Å². The summed E-state index contributed by atoms with van der Waals surface area (Å²) in [7, 11) is 0. The number of hydrogen-bond donors (Lipinski definition) is 0. The van der Waals surface area contributed by atoms with Crippen molar-refractivity contribution >= 4 is 5.70 Å². The molecule has 0 saturated carbocycles. The van der Waals surface area contributed by atoms with E-state index in [1.54, 1.807) is 23.0 Å². The molecule has 0 amide bonds. The molecule has 0 unspecified atom stereocenters. The highest BCUT2D eigenvalue weighted by Crippen LogP contribution is 2.23. The lowest BCUT2D eigenvalue weighted by atomic mass is 10.1. The maximum atomic E-state index is 12.8. The molecular weight excluding hydrogens is 236 g/mol. The Labute approximate surface area is 105 Å². The van der Waals surface area contributed by atoms with Gasteiger partial charge in [0.2, 0.25) is 0 Å². The highest BCUT2D eigenvalue weighted by Gasteiger charge is 2.18. The number of allylic oxidation sites excluding steroid dienone is 3. The van der Waals surface area contributed by atoms with Crippen LogP contribution in [0.15, 0.2) is 42.9 Å². The normalized spacial score (nSPS) is 15.8. The van der Waals surface area contributed by atoms with Crippen LogP contribution in [0.4, 0.5) is 8.78 Å². The van der Waals surface area contributed by atoms with Crippen LogP contribution < -0.4 is 0 Å². The Bertz CT molecular complexity index is 512. The first-order valence-corrected chi connectivity index (χ1v) is 5.70. The Kier molecular flexibility index (Phi) is 3.32. The van der Waals surface area contributed by atoms with Crippen molar-refractivity contribution in [2.75, 3.05) is 0 Å².